The van der Waals surface area contributed by atoms with Crippen molar-refractivity contribution in [3.05, 3.63) is 93.0 Å². The molecule has 0 bridgehead atoms. The summed E-state index contributed by atoms with van der Waals surface area (Å²) in [6, 6.07) is 13.1. The van der Waals surface area contributed by atoms with Crippen LogP contribution in [-0.2, 0) is 132 Å². The Labute approximate surface area is 639 Å². The van der Waals surface area contributed by atoms with Gasteiger partial charge in [0, 0.05) is 174 Å². The first kappa shape index (κ1) is 88.8. The number of aldehydes is 1. The third-order valence-electron chi connectivity index (χ3n) is 18.4. The summed E-state index contributed by atoms with van der Waals surface area (Å²) in [7, 11) is 6.93. The first-order valence-electron chi connectivity index (χ1n) is 32.4. The molecule has 0 unspecified atom stereocenters. The minimum absolute atomic E-state index is 0. The number of nitrogens with zero attached hydrogens (tertiary/aromatic N) is 3. The van der Waals surface area contributed by atoms with Crippen LogP contribution >= 0.6 is 0 Å². The molecular weight excluding hydrogens is 1440 g/mol. The van der Waals surface area contributed by atoms with Crippen molar-refractivity contribution in [3.63, 3.8) is 0 Å². The van der Waals surface area contributed by atoms with E-state index in [4.69, 9.17) is 16.2 Å². The van der Waals surface area contributed by atoms with Gasteiger partial charge in [-0.25, -0.2) is 25.2 Å². The van der Waals surface area contributed by atoms with Crippen LogP contribution in [0.4, 0.5) is 14.4 Å². The molecule has 0 aromatic heterocycles. The zero-order valence-corrected chi connectivity index (χ0v) is 65.4. The van der Waals surface area contributed by atoms with Crippen LogP contribution in [0.2, 0.25) is 0 Å². The van der Waals surface area contributed by atoms with Crippen LogP contribution < -0.4 is 53.4 Å². The van der Waals surface area contributed by atoms with E-state index in [1.807, 2.05) is 57.2 Å². The molecule has 28 heteroatoms. The van der Waals surface area contributed by atoms with Gasteiger partial charge in [0.15, 0.2) is 0 Å². The van der Waals surface area contributed by atoms with Gasteiger partial charge in [0.25, 0.3) is 0 Å². The molecule has 5 fully saturated rings. The Morgan fingerprint density at radius 3 is 1.42 bits per heavy atom. The number of amides is 10. The molecule has 1 heterocycles. The van der Waals surface area contributed by atoms with Gasteiger partial charge in [0.2, 0.25) is 29.5 Å². The maximum atomic E-state index is 13.3. The van der Waals surface area contributed by atoms with Crippen molar-refractivity contribution in [2.24, 2.45) is 45.7 Å². The normalized spacial score (nSPS) is 23.9. The quantitative estimate of drug-likeness (QED) is 0.0223. The second kappa shape index (κ2) is 47.0. The smallest absolute Gasteiger partial charge is 0.410 e. The second-order valence-electron chi connectivity index (χ2n) is 24.6. The third-order valence-corrected chi connectivity index (χ3v) is 18.4. The number of nitrogens with one attached hydrogen (secondary N) is 12. The number of benzene rings is 2. The molecule has 0 spiro atoms. The summed E-state index contributed by atoms with van der Waals surface area (Å²) in [5.41, 5.74) is 25.3. The van der Waals surface area contributed by atoms with E-state index in [2.05, 4.69) is 82.8 Å². The Balaban J connectivity index is 0.000000790. The van der Waals surface area contributed by atoms with Crippen LogP contribution in [0.3, 0.4) is 0 Å². The minimum atomic E-state index is -0.838. The Bertz CT molecular complexity index is 2730. The van der Waals surface area contributed by atoms with Gasteiger partial charge < -0.3 is 78.4 Å². The van der Waals surface area contributed by atoms with Crippen LogP contribution in [0.1, 0.15) is 153 Å². The Morgan fingerprint density at radius 1 is 0.568 bits per heavy atom. The van der Waals surface area contributed by atoms with Gasteiger partial charge in [-0.2, -0.15) is 10.2 Å². The predicted octanol–water partition coefficient (Wildman–Crippen LogP) is 7.63. The molecule has 25 nitrogen and oxygen atoms in total. The van der Waals surface area contributed by atoms with Gasteiger partial charge in [-0.05, 0) is 143 Å². The molecule has 6 aliphatic rings. The van der Waals surface area contributed by atoms with E-state index in [0.29, 0.717) is 56.7 Å². The van der Waals surface area contributed by atoms with E-state index in [1.54, 1.807) is 20.3 Å². The Kier molecular flexibility index (Phi) is 43.9. The fraction of sp³-hybridized carbons (Fsp3) is 0.612. The number of hydrogen-bond acceptors (Lipinski definition) is 13. The molecular formula is C67H104N15O10Y3-5. The summed E-state index contributed by atoms with van der Waals surface area (Å²) in [6.45, 7) is 6.99. The summed E-state index contributed by atoms with van der Waals surface area (Å²) in [5, 5.41) is 30.5. The van der Waals surface area contributed by atoms with Gasteiger partial charge in [-0.1, -0.05) is 82.1 Å². The summed E-state index contributed by atoms with van der Waals surface area (Å²) < 4.78 is 5.79. The molecule has 521 valence electrons. The van der Waals surface area contributed by atoms with Crippen LogP contribution in [0.15, 0.2) is 58.7 Å². The molecule has 12 N–H and O–H groups in total. The number of ether oxygens (including phenoxy) is 1. The minimum Gasteiger partial charge on any atom is -0.675 e. The van der Waals surface area contributed by atoms with Crippen LogP contribution in [-0.4, -0.2) is 154 Å². The van der Waals surface area contributed by atoms with Crippen LogP contribution in [0.25, 0.3) is 22.6 Å². The fourth-order valence-electron chi connectivity index (χ4n) is 12.8. The Morgan fingerprint density at radius 2 is 1.00 bits per heavy atom. The standard InChI is InChI=1S/C34H44N7O5.C20H35N6O3.C11H19N2O2.2CH3.3Y/c1-3-24(18-38-40-33(44)37-17-21-12-14-22(15-13-21)31(42)36-2)39-32(43)30-16-23(35)19-41(30)34(45)46-20-29-27-10-6-4-8-25(27)26-9-5-7-11-28(26)29;1-3-17(25-19(28)15-8-9-16(21)10-15)12-24-26-20(29)23-11-13-4-6-14(7-5-13)18(27)22-2;1-3-9(7-14)13-11(15)8-4-5-10(6-8)12-2;;;;;/h4-11,18,21-24,29-30,35H,3,12-17,19-20H2,1-2H3,(H,36,42)(H,39,43)(H2,37,40,44);12-17,21H,3-11H2,1-2H3,(H,22,27)(H,25,28)(H2,23,26,29);7-10,12H,2-6H2,1H3,(H,13,15);2*1H3;;;/q5*-1;;;/b38-18+;24-12+;;;;;;/t21?,22?,23-,24+,30+;13?,14?,15-,16-,17-;8-,9-,10-;;;;;/m100...../s1. The number of rotatable bonds is 23. The van der Waals surface area contributed by atoms with E-state index < -0.39 is 36.2 Å². The van der Waals surface area contributed by atoms with Crippen molar-refractivity contribution in [1.82, 2.24) is 58.3 Å². The van der Waals surface area contributed by atoms with Crippen molar-refractivity contribution < 1.29 is 146 Å². The van der Waals surface area contributed by atoms with E-state index in [9.17, 15) is 43.2 Å². The molecule has 2 aromatic carbocycles. The van der Waals surface area contributed by atoms with Gasteiger partial charge in [-0.15, -0.1) is 12.1 Å². The maximum absolute atomic E-state index is 13.3. The van der Waals surface area contributed by atoms with Gasteiger partial charge in [0.1, 0.15) is 18.9 Å². The number of hydrazone groups is 2. The molecule has 5 aliphatic carbocycles. The number of urea groups is 2. The van der Waals surface area contributed by atoms with E-state index in [1.165, 1.54) is 11.1 Å². The number of fused-ring (bicyclic) bond motifs is 3. The topological polar surface area (TPSA) is 359 Å². The third kappa shape index (κ3) is 28.2. The molecule has 1 saturated heterocycles. The monoisotopic (exact) mass is 1550 g/mol. The van der Waals surface area contributed by atoms with Crippen LogP contribution in [0, 0.1) is 57.4 Å². The molecule has 8 rings (SSSR count). The molecule has 3 radical (unpaired) electrons. The van der Waals surface area contributed by atoms with Crippen molar-refractivity contribution in [1.29, 1.82) is 0 Å². The fourth-order valence-corrected chi connectivity index (χ4v) is 12.8. The van der Waals surface area contributed by atoms with Crippen LogP contribution in [0.5, 0.6) is 0 Å². The van der Waals surface area contributed by atoms with E-state index in [-0.39, 0.29) is 210 Å². The molecule has 10 amide bonds. The van der Waals surface area contributed by atoms with Crippen molar-refractivity contribution in [2.45, 2.75) is 185 Å². The SMILES string of the molecule is CC[C@@H](/C=N/NC(=O)NCC1CCC(C(=O)NC)CC1)NC(=O)[C@@H]1C[C@@H]([NH-])CN1C(=O)OCC1c2ccccc2-c2ccccc21.CC[C@@H](/C=N/NC(=O)NCC1CCC(C(=O)NC)CC1)NC(=O)[C@H]1CC[C@H]([NH-])C1.[CH2-]N[C@H]1CC[C@H](C(=O)N[C@H](C=O)CC)C1.[CH3-].[CH3-].[Y].[Y].[Y]. The summed E-state index contributed by atoms with van der Waals surface area (Å²) in [6.07, 6.45) is 17.0. The van der Waals surface area contributed by atoms with Crippen molar-refractivity contribution in [3.8, 4) is 11.1 Å². The van der Waals surface area contributed by atoms with E-state index in [0.717, 1.165) is 112 Å². The average Bonchev–Trinajstić information content (AvgIpc) is 1.62. The van der Waals surface area contributed by atoms with Gasteiger partial charge in [0.05, 0.1) is 18.1 Å². The molecule has 95 heavy (non-hydrogen) atoms. The first-order valence-corrected chi connectivity index (χ1v) is 32.4. The number of carbonyl (C=O) groups excluding carboxylic acids is 9. The number of carbonyl (C=O) groups is 9. The average molecular weight is 1550 g/mol. The predicted molar refractivity (Wildman–Crippen MR) is 358 cm³/mol. The van der Waals surface area contributed by atoms with Crippen molar-refractivity contribution in [2.75, 3.05) is 40.3 Å². The number of hydrogen-bond donors (Lipinski definition) is 10. The summed E-state index contributed by atoms with van der Waals surface area (Å²) in [4.78, 5) is 110. The maximum Gasteiger partial charge on any atom is 0.410 e. The molecule has 9 atom stereocenters. The molecule has 1 aliphatic heterocycles. The van der Waals surface area contributed by atoms with Gasteiger partial charge >= 0.3 is 18.2 Å². The summed E-state index contributed by atoms with van der Waals surface area (Å²) in [5.74, 6) is 0.433. The summed E-state index contributed by atoms with van der Waals surface area (Å²) >= 11 is 0. The second-order valence-corrected chi connectivity index (χ2v) is 24.6. The number of likely N-dealkylation sites (tertiary alicyclic amines) is 1. The van der Waals surface area contributed by atoms with Crippen molar-refractivity contribution >= 4 is 66.4 Å². The zero-order chi connectivity index (χ0) is 65.1. The molecule has 4 saturated carbocycles. The zero-order valence-electron chi connectivity index (χ0n) is 56.9. The van der Waals surface area contributed by atoms with E-state index >= 15 is 0 Å². The largest absolute Gasteiger partial charge is 0.675 e. The molecule has 2 aromatic rings. The Hall–Kier alpha value is -4.20. The van der Waals surface area contributed by atoms with Gasteiger partial charge in [-0.3, -0.25) is 35.9 Å². The first-order chi connectivity index (χ1) is 43.4.